The van der Waals surface area contributed by atoms with Gasteiger partial charge in [0.15, 0.2) is 0 Å². The Bertz CT molecular complexity index is 761. The van der Waals surface area contributed by atoms with Crippen LogP contribution in [0.2, 0.25) is 0 Å². The summed E-state index contributed by atoms with van der Waals surface area (Å²) in [6.07, 6.45) is 4.48. The molecule has 1 saturated carbocycles. The largest absolute Gasteiger partial charge is 0.481 e. The first kappa shape index (κ1) is 15.9. The summed E-state index contributed by atoms with van der Waals surface area (Å²) in [6, 6.07) is 2.02. The monoisotopic (exact) mass is 332 g/mol. The fourth-order valence-corrected chi connectivity index (χ4v) is 4.44. The maximum absolute atomic E-state index is 12.6. The standard InChI is InChI=1S/C17H20N2O3S/c1-9-7-8-18-16-13(9)10(2)14(23-16)15(20)19-12-5-3-11(4-6-12)17(21)22/h7-8,11-12H,3-6H2,1-2H3,(H,19,20)(H,21,22). The molecule has 1 fully saturated rings. The van der Waals surface area contributed by atoms with E-state index in [0.29, 0.717) is 17.7 Å². The van der Waals surface area contributed by atoms with E-state index >= 15 is 0 Å². The number of thiophene rings is 1. The van der Waals surface area contributed by atoms with Gasteiger partial charge in [0.1, 0.15) is 4.83 Å². The van der Waals surface area contributed by atoms with Crippen LogP contribution in [-0.4, -0.2) is 28.0 Å². The number of aryl methyl sites for hydroxylation is 2. The Morgan fingerprint density at radius 3 is 2.57 bits per heavy atom. The number of hydrogen-bond donors (Lipinski definition) is 2. The predicted octanol–water partition coefficient (Wildman–Crippen LogP) is 3.29. The van der Waals surface area contributed by atoms with Crippen LogP contribution in [0.1, 0.15) is 46.5 Å². The highest BCUT2D eigenvalue weighted by Crippen LogP contribution is 2.32. The zero-order valence-electron chi connectivity index (χ0n) is 13.3. The quantitative estimate of drug-likeness (QED) is 0.904. The van der Waals surface area contributed by atoms with Crippen molar-refractivity contribution >= 4 is 33.4 Å². The van der Waals surface area contributed by atoms with E-state index in [2.05, 4.69) is 10.3 Å². The first-order valence-corrected chi connectivity index (χ1v) is 8.67. The maximum atomic E-state index is 12.6. The molecule has 2 aromatic rings. The smallest absolute Gasteiger partial charge is 0.306 e. The SMILES string of the molecule is Cc1ccnc2sc(C(=O)NC3CCC(C(=O)O)CC3)c(C)c12. The van der Waals surface area contributed by atoms with Crippen molar-refractivity contribution in [2.45, 2.75) is 45.6 Å². The number of amides is 1. The van der Waals surface area contributed by atoms with Crippen LogP contribution >= 0.6 is 11.3 Å². The lowest BCUT2D eigenvalue weighted by molar-refractivity contribution is -0.142. The lowest BCUT2D eigenvalue weighted by Crippen LogP contribution is -2.38. The predicted molar refractivity (Wildman–Crippen MR) is 89.9 cm³/mol. The normalized spacial score (nSPS) is 21.3. The molecule has 1 amide bonds. The van der Waals surface area contributed by atoms with Gasteiger partial charge in [-0.1, -0.05) is 0 Å². The Morgan fingerprint density at radius 2 is 1.96 bits per heavy atom. The molecule has 0 atom stereocenters. The van der Waals surface area contributed by atoms with Gasteiger partial charge in [0.25, 0.3) is 5.91 Å². The number of nitrogens with one attached hydrogen (secondary N) is 1. The third-order valence-corrected chi connectivity index (χ3v) is 5.86. The summed E-state index contributed by atoms with van der Waals surface area (Å²) >= 11 is 1.42. The molecule has 0 aromatic carbocycles. The molecule has 3 rings (SSSR count). The van der Waals surface area contributed by atoms with Gasteiger partial charge < -0.3 is 10.4 Å². The van der Waals surface area contributed by atoms with Crippen molar-refractivity contribution in [3.05, 3.63) is 28.3 Å². The molecule has 2 heterocycles. The maximum Gasteiger partial charge on any atom is 0.306 e. The molecule has 0 saturated heterocycles. The molecule has 1 aliphatic carbocycles. The number of rotatable bonds is 3. The van der Waals surface area contributed by atoms with Crippen molar-refractivity contribution in [3.8, 4) is 0 Å². The summed E-state index contributed by atoms with van der Waals surface area (Å²) < 4.78 is 0. The number of fused-ring (bicyclic) bond motifs is 1. The highest BCUT2D eigenvalue weighted by Gasteiger charge is 2.27. The minimum atomic E-state index is -0.725. The third-order valence-electron chi connectivity index (χ3n) is 4.66. The van der Waals surface area contributed by atoms with E-state index < -0.39 is 5.97 Å². The molecule has 2 aromatic heterocycles. The molecule has 6 heteroatoms. The number of nitrogens with zero attached hydrogens (tertiary/aromatic N) is 1. The van der Waals surface area contributed by atoms with Gasteiger partial charge in [0, 0.05) is 17.6 Å². The second-order valence-corrected chi connectivity index (χ2v) is 7.22. The molecule has 0 bridgehead atoms. The van der Waals surface area contributed by atoms with Gasteiger partial charge in [-0.2, -0.15) is 0 Å². The van der Waals surface area contributed by atoms with Crippen LogP contribution in [0.15, 0.2) is 12.3 Å². The van der Waals surface area contributed by atoms with Crippen molar-refractivity contribution in [1.29, 1.82) is 0 Å². The van der Waals surface area contributed by atoms with E-state index in [9.17, 15) is 9.59 Å². The Hall–Kier alpha value is -1.95. The number of carbonyl (C=O) groups excluding carboxylic acids is 1. The molecule has 5 nitrogen and oxygen atoms in total. The first-order chi connectivity index (χ1) is 11.0. The highest BCUT2D eigenvalue weighted by molar-refractivity contribution is 7.20. The van der Waals surface area contributed by atoms with Crippen LogP contribution in [0.25, 0.3) is 10.2 Å². The molecule has 0 aliphatic heterocycles. The van der Waals surface area contributed by atoms with Gasteiger partial charge in [-0.3, -0.25) is 9.59 Å². The molecular formula is C17H20N2O3S. The van der Waals surface area contributed by atoms with Crippen molar-refractivity contribution in [2.24, 2.45) is 5.92 Å². The Kier molecular flexibility index (Phi) is 4.35. The van der Waals surface area contributed by atoms with Crippen molar-refractivity contribution in [1.82, 2.24) is 10.3 Å². The van der Waals surface area contributed by atoms with Crippen LogP contribution in [0.3, 0.4) is 0 Å². The molecule has 0 radical (unpaired) electrons. The van der Waals surface area contributed by atoms with E-state index in [1.165, 1.54) is 11.3 Å². The second-order valence-electron chi connectivity index (χ2n) is 6.22. The number of aliphatic carboxylic acids is 1. The third kappa shape index (κ3) is 3.08. The first-order valence-electron chi connectivity index (χ1n) is 7.85. The molecule has 1 aliphatic rings. The molecular weight excluding hydrogens is 312 g/mol. The van der Waals surface area contributed by atoms with Crippen LogP contribution in [0, 0.1) is 19.8 Å². The topological polar surface area (TPSA) is 79.3 Å². The molecule has 122 valence electrons. The van der Waals surface area contributed by atoms with Crippen molar-refractivity contribution in [3.63, 3.8) is 0 Å². The van der Waals surface area contributed by atoms with Crippen molar-refractivity contribution < 1.29 is 14.7 Å². The minimum Gasteiger partial charge on any atom is -0.481 e. The summed E-state index contributed by atoms with van der Waals surface area (Å²) in [5, 5.41) is 13.2. The number of pyridine rings is 1. The Morgan fingerprint density at radius 1 is 1.26 bits per heavy atom. The summed E-state index contributed by atoms with van der Waals surface area (Å²) in [6.45, 7) is 3.99. The van der Waals surface area contributed by atoms with Crippen LogP contribution in [0.5, 0.6) is 0 Å². The van der Waals surface area contributed by atoms with E-state index in [1.54, 1.807) is 6.20 Å². The second kappa shape index (κ2) is 6.28. The van der Waals surface area contributed by atoms with Gasteiger partial charge in [-0.25, -0.2) is 4.98 Å². The summed E-state index contributed by atoms with van der Waals surface area (Å²) in [5.41, 5.74) is 2.11. The van der Waals surface area contributed by atoms with Gasteiger partial charge in [0.05, 0.1) is 10.8 Å². The average molecular weight is 332 g/mol. The van der Waals surface area contributed by atoms with Crippen molar-refractivity contribution in [2.75, 3.05) is 0 Å². The fraction of sp³-hybridized carbons (Fsp3) is 0.471. The van der Waals surface area contributed by atoms with Crippen LogP contribution < -0.4 is 5.32 Å². The van der Waals surface area contributed by atoms with Crippen LogP contribution in [0.4, 0.5) is 0 Å². The number of carbonyl (C=O) groups is 2. The number of carboxylic acids is 1. The van der Waals surface area contributed by atoms with Gasteiger partial charge >= 0.3 is 5.97 Å². The molecule has 2 N–H and O–H groups in total. The Labute approximate surface area is 138 Å². The average Bonchev–Trinajstić information content (AvgIpc) is 2.86. The summed E-state index contributed by atoms with van der Waals surface area (Å²) in [7, 11) is 0. The van der Waals surface area contributed by atoms with E-state index in [1.807, 2.05) is 19.9 Å². The molecule has 0 unspecified atom stereocenters. The van der Waals surface area contributed by atoms with Gasteiger partial charge in [0.2, 0.25) is 0 Å². The lowest BCUT2D eigenvalue weighted by atomic mass is 9.86. The van der Waals surface area contributed by atoms with Gasteiger partial charge in [-0.15, -0.1) is 11.3 Å². The van der Waals surface area contributed by atoms with E-state index in [4.69, 9.17) is 5.11 Å². The molecule has 23 heavy (non-hydrogen) atoms. The zero-order chi connectivity index (χ0) is 16.6. The van der Waals surface area contributed by atoms with E-state index in [0.717, 1.165) is 34.2 Å². The Balaban J connectivity index is 1.73. The van der Waals surface area contributed by atoms with Gasteiger partial charge in [-0.05, 0) is 56.7 Å². The highest BCUT2D eigenvalue weighted by atomic mass is 32.1. The fourth-order valence-electron chi connectivity index (χ4n) is 3.31. The summed E-state index contributed by atoms with van der Waals surface area (Å²) in [4.78, 5) is 29.5. The zero-order valence-corrected chi connectivity index (χ0v) is 14.1. The summed E-state index contributed by atoms with van der Waals surface area (Å²) in [5.74, 6) is -1.05. The molecule has 0 spiro atoms. The minimum absolute atomic E-state index is 0.0660. The number of aromatic nitrogens is 1. The number of hydrogen-bond acceptors (Lipinski definition) is 4. The van der Waals surface area contributed by atoms with Crippen LogP contribution in [-0.2, 0) is 4.79 Å². The lowest BCUT2D eigenvalue weighted by Gasteiger charge is -2.26. The van der Waals surface area contributed by atoms with E-state index in [-0.39, 0.29) is 17.9 Å². The number of carboxylic acid groups (broad SMARTS) is 1.